The summed E-state index contributed by atoms with van der Waals surface area (Å²) < 4.78 is 4.44. The van der Waals surface area contributed by atoms with Crippen LogP contribution >= 0.6 is 0 Å². The highest BCUT2D eigenvalue weighted by Gasteiger charge is 2.05. The summed E-state index contributed by atoms with van der Waals surface area (Å²) in [5, 5.41) is 0. The number of halogens is 2. The minimum Gasteiger partial charge on any atom is -1.00 e. The molecule has 0 aliphatic carbocycles. The smallest absolute Gasteiger partial charge is 0.173 e. The van der Waals surface area contributed by atoms with Gasteiger partial charge in [0, 0.05) is 34.4 Å². The van der Waals surface area contributed by atoms with Crippen molar-refractivity contribution in [3.8, 4) is 0 Å². The van der Waals surface area contributed by atoms with Gasteiger partial charge in [0.2, 0.25) is 0 Å². The van der Waals surface area contributed by atoms with Crippen LogP contribution in [0.5, 0.6) is 0 Å². The van der Waals surface area contributed by atoms with Gasteiger partial charge in [0.25, 0.3) is 0 Å². The lowest BCUT2D eigenvalue weighted by Crippen LogP contribution is -3.00. The summed E-state index contributed by atoms with van der Waals surface area (Å²) in [7, 11) is 0. The van der Waals surface area contributed by atoms with Gasteiger partial charge in [-0.25, -0.2) is 9.13 Å². The first-order valence-electron chi connectivity index (χ1n) is 7.68. The van der Waals surface area contributed by atoms with Crippen molar-refractivity contribution in [3.05, 3.63) is 95.6 Å². The van der Waals surface area contributed by atoms with Crippen LogP contribution < -0.4 is 43.1 Å². The van der Waals surface area contributed by atoms with Gasteiger partial charge in [-0.3, -0.25) is 0 Å². The minimum absolute atomic E-state index is 0. The molecular formula is C20H22Br2N2. The molecule has 3 rings (SSSR count). The van der Waals surface area contributed by atoms with E-state index in [0.29, 0.717) is 0 Å². The highest BCUT2D eigenvalue weighted by molar-refractivity contribution is 5.21. The second kappa shape index (κ2) is 9.70. The zero-order chi connectivity index (χ0) is 15.4. The van der Waals surface area contributed by atoms with Gasteiger partial charge in [0.1, 0.15) is 0 Å². The summed E-state index contributed by atoms with van der Waals surface area (Å²) in [6.45, 7) is 6.08. The van der Waals surface area contributed by atoms with E-state index in [4.69, 9.17) is 0 Å². The lowest BCUT2D eigenvalue weighted by atomic mass is 10.1. The number of rotatable bonds is 4. The normalized spacial score (nSPS) is 9.75. The molecule has 0 spiro atoms. The van der Waals surface area contributed by atoms with E-state index >= 15 is 0 Å². The van der Waals surface area contributed by atoms with E-state index in [1.165, 1.54) is 22.3 Å². The van der Waals surface area contributed by atoms with Crippen molar-refractivity contribution < 1.29 is 43.1 Å². The van der Waals surface area contributed by atoms with Gasteiger partial charge in [-0.05, 0) is 26.0 Å². The quantitative estimate of drug-likeness (QED) is 0.375. The number of hydrogen-bond donors (Lipinski definition) is 0. The van der Waals surface area contributed by atoms with E-state index in [9.17, 15) is 0 Å². The van der Waals surface area contributed by atoms with Gasteiger partial charge in [-0.15, -0.1) is 0 Å². The van der Waals surface area contributed by atoms with Gasteiger partial charge in [0.05, 0.1) is 0 Å². The van der Waals surface area contributed by atoms with Crippen molar-refractivity contribution in [1.82, 2.24) is 0 Å². The van der Waals surface area contributed by atoms with Gasteiger partial charge >= 0.3 is 0 Å². The Labute approximate surface area is 165 Å². The Kier molecular flexibility index (Phi) is 8.29. The molecule has 0 aliphatic heterocycles. The van der Waals surface area contributed by atoms with Crippen molar-refractivity contribution in [1.29, 1.82) is 0 Å². The van der Waals surface area contributed by atoms with Crippen LogP contribution in [0.15, 0.2) is 73.3 Å². The molecule has 0 radical (unpaired) electrons. The van der Waals surface area contributed by atoms with E-state index < -0.39 is 0 Å². The Morgan fingerprint density at radius 1 is 0.625 bits per heavy atom. The third-order valence-corrected chi connectivity index (χ3v) is 3.77. The Hall–Kier alpha value is -1.52. The fraction of sp³-hybridized carbons (Fsp3) is 0.200. The third kappa shape index (κ3) is 5.84. The van der Waals surface area contributed by atoms with Crippen LogP contribution in [0.2, 0.25) is 0 Å². The number of aromatic nitrogens is 2. The average Bonchev–Trinajstić information content (AvgIpc) is 2.49. The Balaban J connectivity index is 0.00000144. The maximum atomic E-state index is 2.22. The van der Waals surface area contributed by atoms with Gasteiger partial charge in [-0.1, -0.05) is 24.3 Å². The molecule has 0 amide bonds. The van der Waals surface area contributed by atoms with E-state index in [1.807, 2.05) is 0 Å². The molecule has 2 heterocycles. The molecule has 126 valence electrons. The van der Waals surface area contributed by atoms with Crippen molar-refractivity contribution in [2.24, 2.45) is 0 Å². The number of aryl methyl sites for hydroxylation is 2. The zero-order valence-corrected chi connectivity index (χ0v) is 17.2. The van der Waals surface area contributed by atoms with Crippen LogP contribution in [-0.4, -0.2) is 0 Å². The molecule has 0 saturated heterocycles. The van der Waals surface area contributed by atoms with Gasteiger partial charge in [-0.2, -0.15) is 0 Å². The summed E-state index contributed by atoms with van der Waals surface area (Å²) in [5.41, 5.74) is 5.23. The maximum Gasteiger partial charge on any atom is 0.173 e. The van der Waals surface area contributed by atoms with E-state index in [2.05, 4.69) is 96.3 Å². The molecule has 0 N–H and O–H groups in total. The van der Waals surface area contributed by atoms with E-state index in [-0.39, 0.29) is 34.0 Å². The topological polar surface area (TPSA) is 7.76 Å². The summed E-state index contributed by atoms with van der Waals surface area (Å²) >= 11 is 0. The molecule has 0 fully saturated rings. The number of pyridine rings is 2. The Bertz CT molecular complexity index is 704. The van der Waals surface area contributed by atoms with Crippen LogP contribution in [0.25, 0.3) is 0 Å². The second-order valence-corrected chi connectivity index (χ2v) is 5.92. The number of nitrogens with zero attached hydrogens (tertiary/aromatic N) is 2. The fourth-order valence-corrected chi connectivity index (χ4v) is 2.67. The lowest BCUT2D eigenvalue weighted by molar-refractivity contribution is -0.689. The lowest BCUT2D eigenvalue weighted by Gasteiger charge is -2.02. The molecule has 2 nitrogen and oxygen atoms in total. The van der Waals surface area contributed by atoms with Crippen LogP contribution in [-0.2, 0) is 13.1 Å². The molecule has 2 aromatic heterocycles. The van der Waals surface area contributed by atoms with E-state index in [0.717, 1.165) is 13.1 Å². The molecule has 3 aromatic rings. The summed E-state index contributed by atoms with van der Waals surface area (Å²) in [6, 6.07) is 17.3. The highest BCUT2D eigenvalue weighted by Crippen LogP contribution is 2.05. The summed E-state index contributed by atoms with van der Waals surface area (Å²) in [6.07, 6.45) is 8.58. The van der Waals surface area contributed by atoms with Crippen LogP contribution in [0.3, 0.4) is 0 Å². The van der Waals surface area contributed by atoms with Crippen molar-refractivity contribution >= 4 is 0 Å². The summed E-state index contributed by atoms with van der Waals surface area (Å²) in [5.74, 6) is 0. The largest absolute Gasteiger partial charge is 1.00 e. The van der Waals surface area contributed by atoms with E-state index in [1.54, 1.807) is 0 Å². The van der Waals surface area contributed by atoms with Crippen molar-refractivity contribution in [2.45, 2.75) is 26.9 Å². The predicted octanol–water partition coefficient (Wildman–Crippen LogP) is -3.02. The minimum atomic E-state index is 0. The van der Waals surface area contributed by atoms with Crippen LogP contribution in [0.1, 0.15) is 22.3 Å². The molecule has 0 aliphatic rings. The van der Waals surface area contributed by atoms with Gasteiger partial charge < -0.3 is 34.0 Å². The first-order chi connectivity index (χ1) is 10.7. The maximum absolute atomic E-state index is 2.22. The molecule has 0 atom stereocenters. The monoisotopic (exact) mass is 448 g/mol. The molecular weight excluding hydrogens is 428 g/mol. The Morgan fingerprint density at radius 2 is 1.00 bits per heavy atom. The Morgan fingerprint density at radius 3 is 1.33 bits per heavy atom. The van der Waals surface area contributed by atoms with Gasteiger partial charge in [0.15, 0.2) is 37.9 Å². The molecule has 4 heteroatoms. The number of benzene rings is 1. The third-order valence-electron chi connectivity index (χ3n) is 3.77. The predicted molar refractivity (Wildman–Crippen MR) is 87.4 cm³/mol. The van der Waals surface area contributed by atoms with Crippen molar-refractivity contribution in [2.75, 3.05) is 0 Å². The first-order valence-corrected chi connectivity index (χ1v) is 7.68. The molecule has 0 saturated carbocycles. The van der Waals surface area contributed by atoms with Crippen LogP contribution in [0, 0.1) is 13.8 Å². The first kappa shape index (κ1) is 20.5. The summed E-state index contributed by atoms with van der Waals surface area (Å²) in [4.78, 5) is 0. The standard InChI is InChI=1S/C20H22N2.2BrH/c1-17-5-3-11-21(13-17)15-19-7-9-20(10-8-19)16-22-12-4-6-18(2)14-22;;/h3-14H,15-16H2,1-2H3;2*1H/q+2;;/p-2. The molecule has 0 unspecified atom stereocenters. The number of hydrogen-bond acceptors (Lipinski definition) is 0. The SMILES string of the molecule is Cc1ccc[n+](Cc2ccc(C[n+]3cccc(C)c3)cc2)c1.[Br-].[Br-]. The molecule has 24 heavy (non-hydrogen) atoms. The fourth-order valence-electron chi connectivity index (χ4n) is 2.67. The highest BCUT2D eigenvalue weighted by atomic mass is 79.9. The second-order valence-electron chi connectivity index (χ2n) is 5.92. The van der Waals surface area contributed by atoms with Crippen LogP contribution in [0.4, 0.5) is 0 Å². The van der Waals surface area contributed by atoms with Crippen molar-refractivity contribution in [3.63, 3.8) is 0 Å². The molecule has 0 bridgehead atoms. The zero-order valence-electron chi connectivity index (χ0n) is 14.0. The average molecular weight is 450 g/mol. The molecule has 1 aromatic carbocycles.